The zero-order valence-corrected chi connectivity index (χ0v) is 18.1. The highest BCUT2D eigenvalue weighted by Gasteiger charge is 2.43. The first-order valence-electron chi connectivity index (χ1n) is 9.54. The number of halogens is 2. The third-order valence-electron chi connectivity index (χ3n) is 6.20. The van der Waals surface area contributed by atoms with Gasteiger partial charge in [0.2, 0.25) is 5.91 Å². The number of hydrogen-bond donors (Lipinski definition) is 2. The molecule has 0 bridgehead atoms. The van der Waals surface area contributed by atoms with Crippen molar-refractivity contribution >= 4 is 40.5 Å². The van der Waals surface area contributed by atoms with Crippen LogP contribution in [0.1, 0.15) is 37.0 Å². The van der Waals surface area contributed by atoms with Crippen LogP contribution in [0.4, 0.5) is 11.4 Å². The van der Waals surface area contributed by atoms with E-state index >= 15 is 0 Å². The predicted octanol–water partition coefficient (Wildman–Crippen LogP) is 4.86. The zero-order chi connectivity index (χ0) is 20.3. The number of rotatable bonds is 3. The topological polar surface area (TPSA) is 44.4 Å². The quantitative estimate of drug-likeness (QED) is 0.749. The molecule has 2 aliphatic rings. The number of aryl methyl sites for hydroxylation is 1. The lowest BCUT2D eigenvalue weighted by Gasteiger charge is -2.33. The predicted molar refractivity (Wildman–Crippen MR) is 117 cm³/mol. The van der Waals surface area contributed by atoms with Crippen LogP contribution in [0.25, 0.3) is 0 Å². The van der Waals surface area contributed by atoms with Gasteiger partial charge in [0.1, 0.15) is 0 Å². The highest BCUT2D eigenvalue weighted by molar-refractivity contribution is 6.43. The molecule has 0 aliphatic carbocycles. The third-order valence-corrected chi connectivity index (χ3v) is 7.18. The Hall–Kier alpha value is -1.75. The minimum Gasteiger partial charge on any atom is -0.374 e. The monoisotopic (exact) mass is 417 g/mol. The van der Waals surface area contributed by atoms with Crippen molar-refractivity contribution in [3.05, 3.63) is 57.1 Å². The summed E-state index contributed by atoms with van der Waals surface area (Å²) >= 11 is 13.1. The number of carbonyl (C=O) groups is 1. The van der Waals surface area contributed by atoms with Crippen LogP contribution in [-0.4, -0.2) is 26.0 Å². The van der Waals surface area contributed by atoms with Gasteiger partial charge in [-0.05, 0) is 62.6 Å². The molecular formula is C22H25Cl2N3O. The second-order valence-electron chi connectivity index (χ2n) is 8.41. The van der Waals surface area contributed by atoms with Crippen molar-refractivity contribution < 1.29 is 4.79 Å². The number of benzene rings is 2. The zero-order valence-electron chi connectivity index (χ0n) is 16.6. The van der Waals surface area contributed by atoms with Crippen LogP contribution in [0.15, 0.2) is 30.3 Å². The van der Waals surface area contributed by atoms with Crippen molar-refractivity contribution in [2.45, 2.75) is 38.1 Å². The number of carbonyl (C=O) groups excluding carboxylic acids is 1. The summed E-state index contributed by atoms with van der Waals surface area (Å²) in [6.07, 6.45) is 0.892. The Morgan fingerprint density at radius 2 is 1.82 bits per heavy atom. The maximum absolute atomic E-state index is 12.6. The first kappa shape index (κ1) is 19.6. The van der Waals surface area contributed by atoms with Gasteiger partial charge >= 0.3 is 0 Å². The van der Waals surface area contributed by atoms with Gasteiger partial charge in [0, 0.05) is 25.0 Å². The van der Waals surface area contributed by atoms with Crippen molar-refractivity contribution in [3.8, 4) is 0 Å². The summed E-state index contributed by atoms with van der Waals surface area (Å²) in [6.45, 7) is 7.55. The fraction of sp³-hybridized carbons (Fsp3) is 0.409. The molecule has 2 aromatic carbocycles. The summed E-state index contributed by atoms with van der Waals surface area (Å²) in [7, 11) is 1.84. The molecule has 0 unspecified atom stereocenters. The van der Waals surface area contributed by atoms with Gasteiger partial charge in [-0.1, -0.05) is 41.4 Å². The Labute approximate surface area is 176 Å². The minimum absolute atomic E-state index is 0.116. The molecule has 2 aromatic rings. The first-order valence-corrected chi connectivity index (χ1v) is 10.3. The van der Waals surface area contributed by atoms with Crippen LogP contribution < -0.4 is 15.5 Å². The van der Waals surface area contributed by atoms with Crippen LogP contribution in [0.5, 0.6) is 0 Å². The Morgan fingerprint density at radius 1 is 1.11 bits per heavy atom. The number of fused-ring (bicyclic) bond motifs is 1. The molecule has 6 heteroatoms. The molecule has 28 heavy (non-hydrogen) atoms. The Morgan fingerprint density at radius 3 is 2.50 bits per heavy atom. The number of amides is 1. The molecule has 4 rings (SSSR count). The number of hydrogen-bond acceptors (Lipinski definition) is 3. The van der Waals surface area contributed by atoms with Gasteiger partial charge in [0.15, 0.2) is 0 Å². The molecule has 148 valence electrons. The molecule has 0 saturated carbocycles. The normalized spacial score (nSPS) is 23.2. The van der Waals surface area contributed by atoms with Gasteiger partial charge in [0.05, 0.1) is 21.0 Å². The highest BCUT2D eigenvalue weighted by atomic mass is 35.5. The maximum atomic E-state index is 12.6. The smallest absolute Gasteiger partial charge is 0.236 e. The molecule has 2 N–H and O–H groups in total. The third kappa shape index (κ3) is 2.81. The Balaban J connectivity index is 1.75. The summed E-state index contributed by atoms with van der Waals surface area (Å²) in [5.41, 5.74) is 4.10. The van der Waals surface area contributed by atoms with Crippen molar-refractivity contribution in [3.63, 3.8) is 0 Å². The van der Waals surface area contributed by atoms with E-state index in [-0.39, 0.29) is 11.4 Å². The van der Waals surface area contributed by atoms with E-state index < -0.39 is 5.41 Å². The van der Waals surface area contributed by atoms with Gasteiger partial charge in [-0.3, -0.25) is 4.79 Å². The number of likely N-dealkylation sites (N-methyl/N-ethyl adjacent to an activating group) is 1. The lowest BCUT2D eigenvalue weighted by molar-refractivity contribution is -0.121. The van der Waals surface area contributed by atoms with E-state index in [2.05, 4.69) is 34.9 Å². The second-order valence-corrected chi connectivity index (χ2v) is 9.17. The average molecular weight is 418 g/mol. The molecule has 0 spiro atoms. The summed E-state index contributed by atoms with van der Waals surface area (Å²) in [5, 5.41) is 8.36. The second kappa shape index (κ2) is 6.65. The maximum Gasteiger partial charge on any atom is 0.236 e. The largest absolute Gasteiger partial charge is 0.374 e. The molecule has 1 saturated heterocycles. The van der Waals surface area contributed by atoms with E-state index in [1.165, 1.54) is 0 Å². The van der Waals surface area contributed by atoms with Crippen molar-refractivity contribution in [1.82, 2.24) is 5.32 Å². The number of anilines is 2. The summed E-state index contributed by atoms with van der Waals surface area (Å²) in [5.74, 6) is 0.116. The lowest BCUT2D eigenvalue weighted by atomic mass is 9.85. The van der Waals surface area contributed by atoms with Gasteiger partial charge in [-0.15, -0.1) is 0 Å². The first-order chi connectivity index (χ1) is 13.2. The fourth-order valence-corrected chi connectivity index (χ4v) is 5.00. The van der Waals surface area contributed by atoms with Crippen molar-refractivity contribution in [2.24, 2.45) is 0 Å². The Bertz CT molecular complexity index is 964. The van der Waals surface area contributed by atoms with Crippen LogP contribution in [-0.2, 0) is 15.7 Å². The summed E-state index contributed by atoms with van der Waals surface area (Å²) in [6, 6.07) is 10.3. The van der Waals surface area contributed by atoms with Crippen LogP contribution in [0.3, 0.4) is 0 Å². The highest BCUT2D eigenvalue weighted by Crippen LogP contribution is 2.44. The Kier molecular flexibility index (Phi) is 4.65. The van der Waals surface area contributed by atoms with Gasteiger partial charge in [-0.25, -0.2) is 0 Å². The molecule has 1 amide bonds. The van der Waals surface area contributed by atoms with Gasteiger partial charge in [-0.2, -0.15) is 0 Å². The van der Waals surface area contributed by atoms with E-state index in [0.29, 0.717) is 10.0 Å². The molecular weight excluding hydrogens is 393 g/mol. The van der Waals surface area contributed by atoms with E-state index in [0.717, 1.165) is 47.6 Å². The molecule has 1 atom stereocenters. The lowest BCUT2D eigenvalue weighted by Crippen LogP contribution is -2.38. The van der Waals surface area contributed by atoms with Gasteiger partial charge in [0.25, 0.3) is 0 Å². The number of nitrogens with one attached hydrogen (secondary N) is 2. The SMILES string of the molecule is Cc1ccc([C@]2(Nc3ccc4c(c3)N(C)C(=O)C4(C)C)CCNC2)c(Cl)c1Cl. The minimum atomic E-state index is -0.497. The van der Waals surface area contributed by atoms with E-state index in [1.54, 1.807) is 4.90 Å². The molecule has 1 fully saturated rings. The molecule has 4 nitrogen and oxygen atoms in total. The van der Waals surface area contributed by atoms with Crippen LogP contribution in [0.2, 0.25) is 10.0 Å². The standard InChI is InChI=1S/C22H25Cl2N3O/c1-13-5-7-16(19(24)18(13)23)22(9-10-25-12-22)26-14-6-8-15-17(11-14)27(4)20(28)21(15,2)3/h5-8,11,25-26H,9-10,12H2,1-4H3/t22-/m0/s1. The van der Waals surface area contributed by atoms with E-state index in [1.807, 2.05) is 33.9 Å². The summed E-state index contributed by atoms with van der Waals surface area (Å²) in [4.78, 5) is 14.3. The van der Waals surface area contributed by atoms with Gasteiger partial charge < -0.3 is 15.5 Å². The molecule has 2 aliphatic heterocycles. The van der Waals surface area contributed by atoms with Crippen molar-refractivity contribution in [1.29, 1.82) is 0 Å². The molecule has 0 radical (unpaired) electrons. The molecule has 0 aromatic heterocycles. The van der Waals surface area contributed by atoms with Crippen molar-refractivity contribution in [2.75, 3.05) is 30.4 Å². The number of nitrogens with zero attached hydrogens (tertiary/aromatic N) is 1. The molecule has 2 heterocycles. The summed E-state index contributed by atoms with van der Waals surface area (Å²) < 4.78 is 0. The van der Waals surface area contributed by atoms with E-state index in [4.69, 9.17) is 23.2 Å². The average Bonchev–Trinajstić information content (AvgIpc) is 3.19. The van der Waals surface area contributed by atoms with E-state index in [9.17, 15) is 4.79 Å². The van der Waals surface area contributed by atoms with Crippen LogP contribution >= 0.6 is 23.2 Å². The van der Waals surface area contributed by atoms with Crippen LogP contribution in [0, 0.1) is 6.92 Å². The fourth-order valence-electron chi connectivity index (χ4n) is 4.45.